The molecule has 0 spiro atoms. The highest BCUT2D eigenvalue weighted by molar-refractivity contribution is 5.13. The van der Waals surface area contributed by atoms with E-state index in [-0.39, 0.29) is 12.2 Å². The van der Waals surface area contributed by atoms with E-state index in [1.165, 1.54) is 0 Å². The first kappa shape index (κ1) is 7.28. The van der Waals surface area contributed by atoms with Crippen molar-refractivity contribution in [3.8, 4) is 0 Å². The van der Waals surface area contributed by atoms with Crippen LogP contribution in [0.15, 0.2) is 12.2 Å². The Morgan fingerprint density at radius 3 is 2.64 bits per heavy atom. The fraction of sp³-hybridized carbons (Fsp3) is 0.750. The van der Waals surface area contributed by atoms with Crippen molar-refractivity contribution < 1.29 is 14.6 Å². The molecule has 3 heteroatoms. The van der Waals surface area contributed by atoms with Gasteiger partial charge < -0.3 is 14.6 Å². The van der Waals surface area contributed by atoms with Gasteiger partial charge in [0.2, 0.25) is 0 Å². The lowest BCUT2D eigenvalue weighted by molar-refractivity contribution is -0.152. The number of ether oxygens (including phenoxy) is 2. The van der Waals surface area contributed by atoms with E-state index in [0.717, 1.165) is 0 Å². The normalized spacial score (nSPS) is 46.3. The summed E-state index contributed by atoms with van der Waals surface area (Å²) in [6.45, 7) is 3.71. The van der Waals surface area contributed by atoms with E-state index < -0.39 is 11.9 Å². The first-order chi connectivity index (χ1) is 5.08. The highest BCUT2D eigenvalue weighted by Crippen LogP contribution is 2.34. The van der Waals surface area contributed by atoms with Crippen LogP contribution in [0.4, 0.5) is 0 Å². The molecule has 1 aliphatic heterocycles. The Balaban J connectivity index is 2.15. The van der Waals surface area contributed by atoms with Crippen LogP contribution in [0.3, 0.4) is 0 Å². The van der Waals surface area contributed by atoms with Gasteiger partial charge in [0.25, 0.3) is 0 Å². The molecule has 0 saturated carbocycles. The van der Waals surface area contributed by atoms with E-state index in [2.05, 4.69) is 0 Å². The number of fused-ring (bicyclic) bond motifs is 1. The number of aliphatic hydroxyl groups is 1. The molecule has 0 aromatic rings. The summed E-state index contributed by atoms with van der Waals surface area (Å²) in [5.74, 6) is -0.541. The number of hydrogen-bond donors (Lipinski definition) is 1. The summed E-state index contributed by atoms with van der Waals surface area (Å²) in [6.07, 6.45) is 2.82. The summed E-state index contributed by atoms with van der Waals surface area (Å²) in [7, 11) is 0. The standard InChI is InChI=1S/C8H12O3/c1-8(2)10-6-4-3-5(9)7(6)11-8/h3-7,9H,1-2H3/t5-,6-,7+/m0/s1. The van der Waals surface area contributed by atoms with Crippen molar-refractivity contribution in [1.82, 2.24) is 0 Å². The van der Waals surface area contributed by atoms with Gasteiger partial charge >= 0.3 is 0 Å². The Morgan fingerprint density at radius 2 is 2.00 bits per heavy atom. The molecule has 2 rings (SSSR count). The molecule has 1 fully saturated rings. The third kappa shape index (κ3) is 1.09. The average molecular weight is 156 g/mol. The van der Waals surface area contributed by atoms with Gasteiger partial charge in [0.1, 0.15) is 18.3 Å². The molecule has 2 aliphatic rings. The zero-order chi connectivity index (χ0) is 8.06. The molecule has 3 atom stereocenters. The molecule has 0 aromatic carbocycles. The number of hydrogen-bond acceptors (Lipinski definition) is 3. The summed E-state index contributed by atoms with van der Waals surface area (Å²) in [4.78, 5) is 0. The average Bonchev–Trinajstić information content (AvgIpc) is 2.31. The molecule has 0 aromatic heterocycles. The molecule has 0 radical (unpaired) electrons. The topological polar surface area (TPSA) is 38.7 Å². The van der Waals surface area contributed by atoms with E-state index in [4.69, 9.17) is 9.47 Å². The highest BCUT2D eigenvalue weighted by Gasteiger charge is 2.45. The van der Waals surface area contributed by atoms with Crippen molar-refractivity contribution in [3.63, 3.8) is 0 Å². The van der Waals surface area contributed by atoms with Gasteiger partial charge in [-0.05, 0) is 13.8 Å². The van der Waals surface area contributed by atoms with Crippen molar-refractivity contribution in [2.24, 2.45) is 0 Å². The van der Waals surface area contributed by atoms with Gasteiger partial charge in [0.15, 0.2) is 5.79 Å². The molecule has 1 saturated heterocycles. The van der Waals surface area contributed by atoms with E-state index in [9.17, 15) is 5.11 Å². The largest absolute Gasteiger partial charge is 0.386 e. The smallest absolute Gasteiger partial charge is 0.164 e. The second-order valence-corrected chi connectivity index (χ2v) is 3.44. The highest BCUT2D eigenvalue weighted by atomic mass is 16.8. The van der Waals surface area contributed by atoms with Crippen LogP contribution >= 0.6 is 0 Å². The van der Waals surface area contributed by atoms with E-state index in [0.29, 0.717) is 0 Å². The zero-order valence-electron chi connectivity index (χ0n) is 6.65. The molecule has 62 valence electrons. The molecular weight excluding hydrogens is 144 g/mol. The van der Waals surface area contributed by atoms with Crippen LogP contribution in [0.25, 0.3) is 0 Å². The zero-order valence-corrected chi connectivity index (χ0v) is 6.65. The maximum Gasteiger partial charge on any atom is 0.164 e. The van der Waals surface area contributed by atoms with Gasteiger partial charge in [-0.2, -0.15) is 0 Å². The van der Waals surface area contributed by atoms with Crippen LogP contribution < -0.4 is 0 Å². The predicted molar refractivity (Wildman–Crippen MR) is 39.0 cm³/mol. The van der Waals surface area contributed by atoms with Crippen LogP contribution in [0.2, 0.25) is 0 Å². The van der Waals surface area contributed by atoms with Crippen molar-refractivity contribution >= 4 is 0 Å². The molecule has 1 heterocycles. The number of aliphatic hydroxyl groups excluding tert-OH is 1. The Hall–Kier alpha value is -0.380. The monoisotopic (exact) mass is 156 g/mol. The van der Waals surface area contributed by atoms with Gasteiger partial charge in [-0.25, -0.2) is 0 Å². The van der Waals surface area contributed by atoms with Crippen LogP contribution in [-0.4, -0.2) is 29.2 Å². The lowest BCUT2D eigenvalue weighted by atomic mass is 10.2. The predicted octanol–water partition coefficient (Wildman–Crippen LogP) is 0.437. The van der Waals surface area contributed by atoms with Gasteiger partial charge in [0, 0.05) is 0 Å². The fourth-order valence-corrected chi connectivity index (χ4v) is 1.56. The van der Waals surface area contributed by atoms with Gasteiger partial charge in [0.05, 0.1) is 0 Å². The quantitative estimate of drug-likeness (QED) is 0.517. The summed E-state index contributed by atoms with van der Waals surface area (Å²) < 4.78 is 10.9. The lowest BCUT2D eigenvalue weighted by Crippen LogP contribution is -2.28. The van der Waals surface area contributed by atoms with E-state index in [1.807, 2.05) is 19.9 Å². The van der Waals surface area contributed by atoms with Gasteiger partial charge in [-0.3, -0.25) is 0 Å². The minimum absolute atomic E-state index is 0.0556. The third-order valence-electron chi connectivity index (χ3n) is 2.00. The van der Waals surface area contributed by atoms with Crippen molar-refractivity contribution in [1.29, 1.82) is 0 Å². The number of rotatable bonds is 0. The molecule has 0 unspecified atom stereocenters. The minimum Gasteiger partial charge on any atom is -0.386 e. The van der Waals surface area contributed by atoms with Crippen molar-refractivity contribution in [2.45, 2.75) is 37.9 Å². The van der Waals surface area contributed by atoms with E-state index in [1.54, 1.807) is 6.08 Å². The Bertz CT molecular complexity index is 198. The van der Waals surface area contributed by atoms with Crippen LogP contribution in [0.5, 0.6) is 0 Å². The summed E-state index contributed by atoms with van der Waals surface area (Å²) in [6, 6.07) is 0. The maximum absolute atomic E-state index is 9.34. The maximum atomic E-state index is 9.34. The molecule has 3 nitrogen and oxygen atoms in total. The molecule has 0 amide bonds. The Kier molecular flexibility index (Phi) is 1.36. The Labute approximate surface area is 65.6 Å². The molecule has 1 aliphatic carbocycles. The molecular formula is C8H12O3. The molecule has 0 bridgehead atoms. The second kappa shape index (κ2) is 2.06. The van der Waals surface area contributed by atoms with Crippen molar-refractivity contribution in [2.75, 3.05) is 0 Å². The molecule has 1 N–H and O–H groups in total. The summed E-state index contributed by atoms with van der Waals surface area (Å²) in [5, 5.41) is 9.34. The van der Waals surface area contributed by atoms with Gasteiger partial charge in [-0.1, -0.05) is 12.2 Å². The minimum atomic E-state index is -0.541. The first-order valence-electron chi connectivity index (χ1n) is 3.80. The molecule has 11 heavy (non-hydrogen) atoms. The van der Waals surface area contributed by atoms with Crippen LogP contribution in [0.1, 0.15) is 13.8 Å². The summed E-state index contributed by atoms with van der Waals surface area (Å²) in [5.41, 5.74) is 0. The SMILES string of the molecule is CC1(C)O[C@H]2[C@H](C=C[C@@H]2O)O1. The van der Waals surface area contributed by atoms with E-state index >= 15 is 0 Å². The Morgan fingerprint density at radius 1 is 1.27 bits per heavy atom. The van der Waals surface area contributed by atoms with Crippen LogP contribution in [0, 0.1) is 0 Å². The second-order valence-electron chi connectivity index (χ2n) is 3.44. The first-order valence-corrected chi connectivity index (χ1v) is 3.80. The van der Waals surface area contributed by atoms with Crippen molar-refractivity contribution in [3.05, 3.63) is 12.2 Å². The fourth-order valence-electron chi connectivity index (χ4n) is 1.56. The van der Waals surface area contributed by atoms with Gasteiger partial charge in [-0.15, -0.1) is 0 Å². The summed E-state index contributed by atoms with van der Waals surface area (Å²) >= 11 is 0. The van der Waals surface area contributed by atoms with Crippen LogP contribution in [-0.2, 0) is 9.47 Å². The third-order valence-corrected chi connectivity index (χ3v) is 2.00. The lowest BCUT2D eigenvalue weighted by Gasteiger charge is -2.18.